The molecule has 2 heterocycles. The predicted octanol–water partition coefficient (Wildman–Crippen LogP) is 2.91. The fraction of sp³-hybridized carbons (Fsp3) is 0.333. The van der Waals surface area contributed by atoms with Gasteiger partial charge < -0.3 is 14.7 Å². The van der Waals surface area contributed by atoms with Crippen molar-refractivity contribution in [2.24, 2.45) is 0 Å². The topological polar surface area (TPSA) is 62.7 Å². The Bertz CT molecular complexity index is 715. The number of ether oxygens (including phenoxy) is 1. The number of nitrogens with zero attached hydrogens (tertiary/aromatic N) is 2. The van der Waals surface area contributed by atoms with E-state index in [1.807, 2.05) is 18.2 Å². The Hall–Kier alpha value is -2.11. The molecule has 1 aromatic heterocycles. The highest BCUT2D eigenvalue weighted by atomic mass is 35.5. The van der Waals surface area contributed by atoms with Crippen molar-refractivity contribution in [2.75, 3.05) is 13.1 Å². The van der Waals surface area contributed by atoms with Crippen LogP contribution < -0.4 is 4.74 Å². The third-order valence-electron chi connectivity index (χ3n) is 4.05. The summed E-state index contributed by atoms with van der Waals surface area (Å²) in [5.41, 5.74) is 0.866. The molecule has 0 radical (unpaired) electrons. The normalized spacial score (nSPS) is 15.3. The molecule has 1 amide bonds. The van der Waals surface area contributed by atoms with Gasteiger partial charge in [-0.15, -0.1) is 0 Å². The number of aliphatic hydroxyl groups excluding tert-OH is 1. The maximum absolute atomic E-state index is 12.5. The number of aliphatic hydroxyl groups is 1. The first-order chi connectivity index (χ1) is 11.7. The number of aromatic nitrogens is 1. The van der Waals surface area contributed by atoms with Crippen molar-refractivity contribution in [2.45, 2.75) is 25.6 Å². The van der Waals surface area contributed by atoms with Gasteiger partial charge >= 0.3 is 0 Å². The Labute approximate surface area is 145 Å². The lowest BCUT2D eigenvalue weighted by molar-refractivity contribution is 0.0590. The summed E-state index contributed by atoms with van der Waals surface area (Å²) in [6.07, 6.45) is 1.54. The minimum atomic E-state index is -0.172. The summed E-state index contributed by atoms with van der Waals surface area (Å²) in [6.45, 7) is 1.05. The molecule has 24 heavy (non-hydrogen) atoms. The molecule has 0 bridgehead atoms. The number of halogens is 1. The Kier molecular flexibility index (Phi) is 5.33. The molecule has 1 saturated heterocycles. The van der Waals surface area contributed by atoms with E-state index in [0.29, 0.717) is 35.2 Å². The van der Waals surface area contributed by atoms with E-state index in [4.69, 9.17) is 21.4 Å². The van der Waals surface area contributed by atoms with Crippen LogP contribution in [0.3, 0.4) is 0 Å². The van der Waals surface area contributed by atoms with Gasteiger partial charge in [-0.3, -0.25) is 4.79 Å². The van der Waals surface area contributed by atoms with Gasteiger partial charge in [0, 0.05) is 25.9 Å². The fourth-order valence-corrected chi connectivity index (χ4v) is 2.93. The minimum Gasteiger partial charge on any atom is -0.489 e. The molecule has 0 aliphatic carbocycles. The molecule has 1 aliphatic rings. The van der Waals surface area contributed by atoms with Gasteiger partial charge in [-0.2, -0.15) is 0 Å². The molecule has 0 atom stereocenters. The molecule has 1 N–H and O–H groups in total. The van der Waals surface area contributed by atoms with Crippen molar-refractivity contribution >= 4 is 17.5 Å². The number of carbonyl (C=O) groups is 1. The van der Waals surface area contributed by atoms with E-state index in [1.54, 1.807) is 29.2 Å². The van der Waals surface area contributed by atoms with Crippen molar-refractivity contribution in [3.8, 4) is 5.75 Å². The van der Waals surface area contributed by atoms with Gasteiger partial charge in [-0.1, -0.05) is 29.8 Å². The number of benzene rings is 1. The first-order valence-corrected chi connectivity index (χ1v) is 8.32. The lowest BCUT2D eigenvalue weighted by Gasteiger charge is -2.32. The molecule has 126 valence electrons. The van der Waals surface area contributed by atoms with Crippen molar-refractivity contribution in [3.05, 3.63) is 58.9 Å². The van der Waals surface area contributed by atoms with E-state index in [-0.39, 0.29) is 18.6 Å². The number of carbonyl (C=O) groups excluding carboxylic acids is 1. The van der Waals surface area contributed by atoms with Gasteiger partial charge in [0.05, 0.1) is 17.3 Å². The van der Waals surface area contributed by atoms with Crippen LogP contribution in [0.1, 0.15) is 29.0 Å². The molecule has 6 heteroatoms. The third-order valence-corrected chi connectivity index (χ3v) is 4.36. The van der Waals surface area contributed by atoms with Crippen LogP contribution >= 0.6 is 11.6 Å². The fourth-order valence-electron chi connectivity index (χ4n) is 2.75. The summed E-state index contributed by atoms with van der Waals surface area (Å²) in [6, 6.07) is 12.5. The highest BCUT2D eigenvalue weighted by Crippen LogP contribution is 2.27. The van der Waals surface area contributed by atoms with Crippen LogP contribution in [0.2, 0.25) is 5.02 Å². The number of pyridine rings is 1. The molecular weight excluding hydrogens is 328 g/mol. The summed E-state index contributed by atoms with van der Waals surface area (Å²) in [4.78, 5) is 18.5. The molecule has 0 spiro atoms. The SMILES string of the molecule is O=C(c1cccc(CO)n1)N1CCC(Oc2ccccc2Cl)CC1. The highest BCUT2D eigenvalue weighted by Gasteiger charge is 2.25. The second kappa shape index (κ2) is 7.64. The third kappa shape index (κ3) is 3.86. The Morgan fingerprint density at radius 1 is 1.21 bits per heavy atom. The highest BCUT2D eigenvalue weighted by molar-refractivity contribution is 6.32. The van der Waals surface area contributed by atoms with E-state index in [9.17, 15) is 4.79 Å². The van der Waals surface area contributed by atoms with E-state index in [0.717, 1.165) is 12.8 Å². The number of hydrogen-bond donors (Lipinski definition) is 1. The second-order valence-corrected chi connectivity index (χ2v) is 6.12. The number of para-hydroxylation sites is 1. The standard InChI is InChI=1S/C18H19ClN2O3/c19-15-5-1-2-7-17(15)24-14-8-10-21(11-9-14)18(23)16-6-3-4-13(12-22)20-16/h1-7,14,22H,8-12H2. The summed E-state index contributed by atoms with van der Waals surface area (Å²) in [5.74, 6) is 0.572. The van der Waals surface area contributed by atoms with Gasteiger partial charge in [0.15, 0.2) is 0 Å². The average molecular weight is 347 g/mol. The van der Waals surface area contributed by atoms with Crippen molar-refractivity contribution < 1.29 is 14.6 Å². The van der Waals surface area contributed by atoms with Crippen LogP contribution in [-0.4, -0.2) is 40.1 Å². The predicted molar refractivity (Wildman–Crippen MR) is 91.2 cm³/mol. The molecule has 5 nitrogen and oxygen atoms in total. The van der Waals surface area contributed by atoms with Crippen LogP contribution in [0.25, 0.3) is 0 Å². The zero-order chi connectivity index (χ0) is 16.9. The smallest absolute Gasteiger partial charge is 0.272 e. The number of likely N-dealkylation sites (tertiary alicyclic amines) is 1. The van der Waals surface area contributed by atoms with Crippen molar-refractivity contribution in [3.63, 3.8) is 0 Å². The monoisotopic (exact) mass is 346 g/mol. The minimum absolute atomic E-state index is 0.0469. The zero-order valence-electron chi connectivity index (χ0n) is 13.2. The Morgan fingerprint density at radius 3 is 2.67 bits per heavy atom. The first kappa shape index (κ1) is 16.7. The molecule has 1 fully saturated rings. The molecule has 0 saturated carbocycles. The van der Waals surface area contributed by atoms with Crippen LogP contribution in [0.15, 0.2) is 42.5 Å². The lowest BCUT2D eigenvalue weighted by Crippen LogP contribution is -2.42. The van der Waals surface area contributed by atoms with E-state index >= 15 is 0 Å². The number of amides is 1. The number of rotatable bonds is 4. The maximum atomic E-state index is 12.5. The van der Waals surface area contributed by atoms with E-state index < -0.39 is 0 Å². The summed E-state index contributed by atoms with van der Waals surface area (Å²) in [5, 5.41) is 9.73. The Morgan fingerprint density at radius 2 is 1.96 bits per heavy atom. The Balaban J connectivity index is 1.58. The largest absolute Gasteiger partial charge is 0.489 e. The molecule has 1 aromatic carbocycles. The van der Waals surface area contributed by atoms with Gasteiger partial charge in [0.2, 0.25) is 0 Å². The summed E-state index contributed by atoms with van der Waals surface area (Å²) < 4.78 is 5.94. The van der Waals surface area contributed by atoms with Crippen molar-refractivity contribution in [1.82, 2.24) is 9.88 Å². The lowest BCUT2D eigenvalue weighted by atomic mass is 10.1. The molecule has 1 aliphatic heterocycles. The van der Waals surface area contributed by atoms with Crippen molar-refractivity contribution in [1.29, 1.82) is 0 Å². The number of hydrogen-bond acceptors (Lipinski definition) is 4. The number of piperidine rings is 1. The molecule has 3 rings (SSSR count). The molecule has 2 aromatic rings. The van der Waals surface area contributed by atoms with Crippen LogP contribution in [0.5, 0.6) is 5.75 Å². The van der Waals surface area contributed by atoms with Gasteiger partial charge in [0.1, 0.15) is 17.5 Å². The van der Waals surface area contributed by atoms with E-state index in [1.165, 1.54) is 0 Å². The zero-order valence-corrected chi connectivity index (χ0v) is 13.9. The van der Waals surface area contributed by atoms with Crippen LogP contribution in [0.4, 0.5) is 0 Å². The van der Waals surface area contributed by atoms with Gasteiger partial charge in [-0.05, 0) is 24.3 Å². The molecular formula is C18H19ClN2O3. The van der Waals surface area contributed by atoms with Gasteiger partial charge in [-0.25, -0.2) is 4.98 Å². The van der Waals surface area contributed by atoms with Crippen LogP contribution in [-0.2, 0) is 6.61 Å². The quantitative estimate of drug-likeness (QED) is 0.924. The summed E-state index contributed by atoms with van der Waals surface area (Å²) >= 11 is 6.11. The first-order valence-electron chi connectivity index (χ1n) is 7.94. The van der Waals surface area contributed by atoms with Gasteiger partial charge in [0.25, 0.3) is 5.91 Å². The molecule has 0 unspecified atom stereocenters. The average Bonchev–Trinajstić information content (AvgIpc) is 2.64. The maximum Gasteiger partial charge on any atom is 0.272 e. The second-order valence-electron chi connectivity index (χ2n) is 5.71. The van der Waals surface area contributed by atoms with E-state index in [2.05, 4.69) is 4.98 Å². The summed E-state index contributed by atoms with van der Waals surface area (Å²) in [7, 11) is 0. The van der Waals surface area contributed by atoms with Crippen LogP contribution in [0, 0.1) is 0 Å².